The van der Waals surface area contributed by atoms with E-state index in [2.05, 4.69) is 27.7 Å². The van der Waals surface area contributed by atoms with Gasteiger partial charge in [0.25, 0.3) is 0 Å². The molecule has 0 aliphatic rings. The second-order valence-corrected chi connectivity index (χ2v) is 2.96. The molecule has 0 fully saturated rings. The first-order valence-corrected chi connectivity index (χ1v) is 5.66. The van der Waals surface area contributed by atoms with E-state index in [4.69, 9.17) is 0 Å². The summed E-state index contributed by atoms with van der Waals surface area (Å²) in [6.45, 7) is 12.0. The van der Waals surface area contributed by atoms with Crippen LogP contribution < -0.4 is 58.2 Å². The van der Waals surface area contributed by atoms with Gasteiger partial charge in [-0.1, -0.05) is 46.5 Å². The normalized spacial score (nSPS) is 6.41. The van der Waals surface area contributed by atoms with E-state index in [1.54, 1.807) is 12.7 Å². The van der Waals surface area contributed by atoms with Gasteiger partial charge in [-0.2, -0.15) is 13.3 Å². The van der Waals surface area contributed by atoms with Crippen LogP contribution in [0.3, 0.4) is 0 Å². The molecular weight excluding hydrogens is 359 g/mol. The van der Waals surface area contributed by atoms with E-state index in [1.165, 1.54) is 25.7 Å². The van der Waals surface area contributed by atoms with Gasteiger partial charge in [0.2, 0.25) is 0 Å². The largest absolute Gasteiger partial charge is 3.00 e. The molecule has 0 aromatic rings. The Labute approximate surface area is 185 Å². The molecule has 0 aliphatic heterocycles. The number of rotatable bonds is 5. The van der Waals surface area contributed by atoms with Crippen LogP contribution in [0.2, 0.25) is 0 Å². The van der Waals surface area contributed by atoms with Crippen molar-refractivity contribution in [2.75, 3.05) is 0 Å². The topological polar surface area (TPSA) is 17.1 Å². The Kier molecular flexibility index (Phi) is 111. The van der Waals surface area contributed by atoms with Crippen LogP contribution in [0.25, 0.3) is 0 Å². The van der Waals surface area contributed by atoms with Crippen molar-refractivity contribution in [1.29, 1.82) is 0 Å². The zero-order chi connectivity index (χ0) is 11.7. The molecule has 3 heteroatoms. The molecule has 0 atom stereocenters. The number of unbranched alkanes of at least 4 members (excludes halogenated alkanes) is 4. The maximum atomic E-state index is 9.25. The molecule has 0 bridgehead atoms. The molecule has 17 heavy (non-hydrogen) atoms. The van der Waals surface area contributed by atoms with Crippen molar-refractivity contribution in [2.24, 2.45) is 0 Å². The van der Waals surface area contributed by atoms with E-state index < -0.39 is 0 Å². The fourth-order valence-corrected chi connectivity index (χ4v) is 0.333. The standard InChI is InChI=1S/C5H11.C4H6O.C4H10.CH3.Rb.Y/c1-3-5-4-2;1-2-3-4-5;1-3-4-2;;;/h1,3-5H2,2H3;2H,3H2,1H3;3-4H2,1-2H3;1H3;;/q-1;-2;;-1;+1;+3. The molecule has 0 rings (SSSR count). The third kappa shape index (κ3) is 88.9. The minimum Gasteiger partial charge on any atom is -0.544 e. The monoisotopic (exact) mass is 388 g/mol. The predicted octanol–water partition coefficient (Wildman–Crippen LogP) is 1.98. The zero-order valence-electron chi connectivity index (χ0n) is 13.0. The Balaban J connectivity index is -0.0000000247. The van der Waals surface area contributed by atoms with Gasteiger partial charge in [-0.25, -0.2) is 0 Å². The first-order chi connectivity index (χ1) is 6.74. The Hall–Kier alpha value is 2.58. The summed E-state index contributed by atoms with van der Waals surface area (Å²) in [7, 11) is 0. The van der Waals surface area contributed by atoms with Crippen LogP contribution >= 0.6 is 0 Å². The van der Waals surface area contributed by atoms with Gasteiger partial charge in [0, 0.05) is 0 Å². The van der Waals surface area contributed by atoms with E-state index in [-0.39, 0.29) is 98.3 Å². The van der Waals surface area contributed by atoms with Crippen LogP contribution in [0, 0.1) is 20.8 Å². The number of hydrogen-bond donors (Lipinski definition) is 0. The predicted molar refractivity (Wildman–Crippen MR) is 72.2 cm³/mol. The number of carbonyl (C=O) groups excluding carboxylic acids is 1. The SMILES string of the molecule is CCCC.C[CH-]C[C-]=O.[CH2-]CCCC.[CH3-].[Rb+].[Y+3]. The average Bonchev–Trinajstić information content (AvgIpc) is 2.22. The Morgan fingerprint density at radius 2 is 1.53 bits per heavy atom. The summed E-state index contributed by atoms with van der Waals surface area (Å²) >= 11 is 0. The average molecular weight is 389 g/mol. The van der Waals surface area contributed by atoms with Crippen LogP contribution in [-0.4, -0.2) is 6.29 Å². The van der Waals surface area contributed by atoms with Crippen molar-refractivity contribution in [3.05, 3.63) is 20.8 Å². The quantitative estimate of drug-likeness (QED) is 0.658. The van der Waals surface area contributed by atoms with Crippen LogP contribution in [0.4, 0.5) is 0 Å². The summed E-state index contributed by atoms with van der Waals surface area (Å²) < 4.78 is 0. The van der Waals surface area contributed by atoms with Gasteiger partial charge >= 0.3 is 90.9 Å². The van der Waals surface area contributed by atoms with Crippen LogP contribution in [0.5, 0.6) is 0 Å². The fraction of sp³-hybridized carbons (Fsp3) is 0.714. The Bertz CT molecular complexity index is 76.6. The molecule has 0 heterocycles. The molecule has 0 spiro atoms. The molecule has 0 saturated carbocycles. The van der Waals surface area contributed by atoms with Gasteiger partial charge in [-0.3, -0.25) is 12.7 Å². The summed E-state index contributed by atoms with van der Waals surface area (Å²) in [5.74, 6) is 0. The minimum absolute atomic E-state index is 0. The van der Waals surface area contributed by atoms with Gasteiger partial charge in [0.1, 0.15) is 0 Å². The fourth-order valence-electron chi connectivity index (χ4n) is 0.333. The summed E-state index contributed by atoms with van der Waals surface area (Å²) in [5, 5.41) is 0. The molecule has 0 N–H and O–H groups in total. The van der Waals surface area contributed by atoms with Crippen LogP contribution in [-0.2, 0) is 37.5 Å². The first-order valence-electron chi connectivity index (χ1n) is 5.66. The Morgan fingerprint density at radius 1 is 1.12 bits per heavy atom. The molecule has 96 valence electrons. The Morgan fingerprint density at radius 3 is 1.53 bits per heavy atom. The molecule has 0 radical (unpaired) electrons. The molecule has 0 unspecified atom stereocenters. The molecule has 1 nitrogen and oxygen atoms in total. The van der Waals surface area contributed by atoms with Gasteiger partial charge < -0.3 is 25.6 Å². The smallest absolute Gasteiger partial charge is 0.544 e. The number of hydrogen-bond acceptors (Lipinski definition) is 1. The van der Waals surface area contributed by atoms with E-state index in [9.17, 15) is 4.79 Å². The van der Waals surface area contributed by atoms with Gasteiger partial charge in [0.05, 0.1) is 0 Å². The van der Waals surface area contributed by atoms with Crippen molar-refractivity contribution in [2.45, 2.75) is 66.2 Å². The van der Waals surface area contributed by atoms with Crippen LogP contribution in [0.15, 0.2) is 0 Å². The van der Waals surface area contributed by atoms with Crippen molar-refractivity contribution in [3.63, 3.8) is 0 Å². The maximum absolute atomic E-state index is 9.25. The third-order valence-corrected chi connectivity index (χ3v) is 1.39. The molecule has 0 aliphatic carbocycles. The third-order valence-electron chi connectivity index (χ3n) is 1.39. The molecule has 0 saturated heterocycles. The van der Waals surface area contributed by atoms with Crippen molar-refractivity contribution < 1.29 is 95.7 Å². The summed E-state index contributed by atoms with van der Waals surface area (Å²) in [6, 6.07) is 0. The van der Waals surface area contributed by atoms with Crippen LogP contribution in [0.1, 0.15) is 66.2 Å². The zero-order valence-corrected chi connectivity index (χ0v) is 20.8. The maximum Gasteiger partial charge on any atom is 3.00 e. The molecular formula is C14H30ORbY. The second-order valence-electron chi connectivity index (χ2n) is 2.96. The molecule has 0 aromatic carbocycles. The van der Waals surface area contributed by atoms with Crippen molar-refractivity contribution >= 4 is 6.29 Å². The van der Waals surface area contributed by atoms with Crippen molar-refractivity contribution in [3.8, 4) is 0 Å². The second kappa shape index (κ2) is 51.3. The van der Waals surface area contributed by atoms with E-state index in [0.717, 1.165) is 6.42 Å². The van der Waals surface area contributed by atoms with Gasteiger partial charge in [-0.15, -0.1) is 0 Å². The van der Waals surface area contributed by atoms with E-state index in [1.807, 2.05) is 6.92 Å². The summed E-state index contributed by atoms with van der Waals surface area (Å²) in [6.07, 6.45) is 10.2. The summed E-state index contributed by atoms with van der Waals surface area (Å²) in [4.78, 5) is 9.25. The van der Waals surface area contributed by atoms with Gasteiger partial charge in [0.15, 0.2) is 0 Å². The molecule has 0 aromatic heterocycles. The minimum atomic E-state index is 0. The van der Waals surface area contributed by atoms with E-state index >= 15 is 0 Å². The first kappa shape index (κ1) is 36.7. The van der Waals surface area contributed by atoms with E-state index in [0.29, 0.717) is 6.42 Å². The molecule has 0 amide bonds. The van der Waals surface area contributed by atoms with Crippen molar-refractivity contribution in [1.82, 2.24) is 0 Å². The summed E-state index contributed by atoms with van der Waals surface area (Å²) in [5.41, 5.74) is 0. The van der Waals surface area contributed by atoms with Gasteiger partial charge in [-0.05, 0) is 0 Å².